The number of benzene rings is 1. The standard InChI is InChI=1S/C21H32N2O2.C3H8/c1-16-3-2-4-19(13-16)21(24)23-14-17-5-7-18(8-6-17)15-25-20-9-11-22-12-10-20;1-3-2/h5-8,16,19-20,22H,2-4,9-15H2,1H3,(H,23,24);3H2,1-2H3. The lowest BCUT2D eigenvalue weighted by Crippen LogP contribution is -2.33. The van der Waals surface area contributed by atoms with E-state index >= 15 is 0 Å². The Balaban J connectivity index is 0.000000878. The number of ether oxygens (including phenoxy) is 1. The van der Waals surface area contributed by atoms with Crippen LogP contribution in [0.4, 0.5) is 0 Å². The van der Waals surface area contributed by atoms with E-state index in [4.69, 9.17) is 4.74 Å². The molecule has 2 atom stereocenters. The van der Waals surface area contributed by atoms with Gasteiger partial charge >= 0.3 is 0 Å². The van der Waals surface area contributed by atoms with Gasteiger partial charge in [-0.05, 0) is 55.8 Å². The largest absolute Gasteiger partial charge is 0.373 e. The second-order valence-electron chi connectivity index (χ2n) is 8.47. The molecule has 28 heavy (non-hydrogen) atoms. The molecule has 0 bridgehead atoms. The van der Waals surface area contributed by atoms with Crippen molar-refractivity contribution >= 4 is 5.91 Å². The van der Waals surface area contributed by atoms with Gasteiger partial charge in [-0.15, -0.1) is 0 Å². The SMILES string of the molecule is CC1CCCC(C(=O)NCc2ccc(COC3CCNCC3)cc2)C1.CCC. The summed E-state index contributed by atoms with van der Waals surface area (Å²) in [6, 6.07) is 8.44. The minimum atomic E-state index is 0.210. The first-order chi connectivity index (χ1) is 13.6. The Morgan fingerprint density at radius 2 is 1.71 bits per heavy atom. The van der Waals surface area contributed by atoms with Crippen molar-refractivity contribution in [1.82, 2.24) is 10.6 Å². The topological polar surface area (TPSA) is 50.4 Å². The minimum Gasteiger partial charge on any atom is -0.373 e. The van der Waals surface area contributed by atoms with Gasteiger partial charge in [-0.1, -0.05) is 64.3 Å². The fraction of sp³-hybridized carbons (Fsp3) is 0.708. The zero-order valence-electron chi connectivity index (χ0n) is 18.1. The van der Waals surface area contributed by atoms with Crippen LogP contribution in [0, 0.1) is 11.8 Å². The number of nitrogens with one attached hydrogen (secondary N) is 2. The molecule has 2 fully saturated rings. The molecule has 1 aliphatic carbocycles. The van der Waals surface area contributed by atoms with Crippen LogP contribution in [-0.4, -0.2) is 25.1 Å². The van der Waals surface area contributed by atoms with Gasteiger partial charge in [-0.25, -0.2) is 0 Å². The number of hydrogen-bond donors (Lipinski definition) is 2. The third-order valence-electron chi connectivity index (χ3n) is 5.57. The van der Waals surface area contributed by atoms with Crippen molar-refractivity contribution < 1.29 is 9.53 Å². The first-order valence-electron chi connectivity index (χ1n) is 11.3. The lowest BCUT2D eigenvalue weighted by atomic mass is 9.82. The summed E-state index contributed by atoms with van der Waals surface area (Å²) >= 11 is 0. The molecule has 1 aromatic carbocycles. The van der Waals surface area contributed by atoms with Crippen molar-refractivity contribution in [3.8, 4) is 0 Å². The lowest BCUT2D eigenvalue weighted by Gasteiger charge is -2.25. The second-order valence-corrected chi connectivity index (χ2v) is 8.47. The van der Waals surface area contributed by atoms with Crippen molar-refractivity contribution in [2.45, 2.75) is 85.0 Å². The molecule has 4 nitrogen and oxygen atoms in total. The molecule has 1 saturated carbocycles. The molecule has 1 heterocycles. The van der Waals surface area contributed by atoms with Gasteiger partial charge in [-0.2, -0.15) is 0 Å². The molecule has 2 N–H and O–H groups in total. The first kappa shape index (κ1) is 22.9. The van der Waals surface area contributed by atoms with E-state index in [0.717, 1.165) is 44.3 Å². The van der Waals surface area contributed by atoms with Crippen LogP contribution in [0.5, 0.6) is 0 Å². The van der Waals surface area contributed by atoms with Gasteiger partial charge in [0.1, 0.15) is 0 Å². The highest BCUT2D eigenvalue weighted by molar-refractivity contribution is 5.78. The van der Waals surface area contributed by atoms with Gasteiger partial charge < -0.3 is 15.4 Å². The summed E-state index contributed by atoms with van der Waals surface area (Å²) in [6.45, 7) is 9.92. The number of hydrogen-bond acceptors (Lipinski definition) is 3. The van der Waals surface area contributed by atoms with E-state index in [1.165, 1.54) is 24.8 Å². The Bertz CT molecular complexity index is 552. The Morgan fingerprint density at radius 1 is 1.07 bits per heavy atom. The Labute approximate surface area is 171 Å². The molecule has 1 saturated heterocycles. The van der Waals surface area contributed by atoms with Crippen LogP contribution in [0.25, 0.3) is 0 Å². The quantitative estimate of drug-likeness (QED) is 0.735. The summed E-state index contributed by atoms with van der Waals surface area (Å²) in [5.41, 5.74) is 2.36. The fourth-order valence-corrected chi connectivity index (χ4v) is 3.94. The zero-order chi connectivity index (χ0) is 20.2. The zero-order valence-corrected chi connectivity index (χ0v) is 18.1. The average molecular weight is 389 g/mol. The Kier molecular flexibility index (Phi) is 10.6. The molecule has 0 spiro atoms. The van der Waals surface area contributed by atoms with E-state index in [9.17, 15) is 4.79 Å². The third-order valence-corrected chi connectivity index (χ3v) is 5.57. The van der Waals surface area contributed by atoms with E-state index in [0.29, 0.717) is 25.2 Å². The maximum atomic E-state index is 12.3. The predicted molar refractivity (Wildman–Crippen MR) is 116 cm³/mol. The molecular formula is C24H40N2O2. The highest BCUT2D eigenvalue weighted by Crippen LogP contribution is 2.28. The number of carbonyl (C=O) groups is 1. The molecule has 1 aliphatic heterocycles. The maximum Gasteiger partial charge on any atom is 0.223 e. The summed E-state index contributed by atoms with van der Waals surface area (Å²) in [5.74, 6) is 1.12. The van der Waals surface area contributed by atoms with Crippen LogP contribution in [0.2, 0.25) is 0 Å². The first-order valence-corrected chi connectivity index (χ1v) is 11.3. The highest BCUT2D eigenvalue weighted by Gasteiger charge is 2.24. The van der Waals surface area contributed by atoms with Crippen molar-refractivity contribution in [1.29, 1.82) is 0 Å². The van der Waals surface area contributed by atoms with Gasteiger partial charge in [0.2, 0.25) is 5.91 Å². The normalized spacial score (nSPS) is 22.8. The van der Waals surface area contributed by atoms with E-state index in [1.807, 2.05) is 0 Å². The van der Waals surface area contributed by atoms with Crippen molar-refractivity contribution in [2.24, 2.45) is 11.8 Å². The predicted octanol–water partition coefficient (Wildman–Crippen LogP) is 4.81. The molecule has 0 radical (unpaired) electrons. The van der Waals surface area contributed by atoms with Gasteiger partial charge in [-0.3, -0.25) is 4.79 Å². The summed E-state index contributed by atoms with van der Waals surface area (Å²) in [6.07, 6.45) is 8.38. The maximum absolute atomic E-state index is 12.3. The van der Waals surface area contributed by atoms with Crippen LogP contribution in [-0.2, 0) is 22.7 Å². The molecule has 3 rings (SSSR count). The van der Waals surface area contributed by atoms with Gasteiger partial charge in [0.15, 0.2) is 0 Å². The van der Waals surface area contributed by atoms with E-state index in [-0.39, 0.29) is 11.8 Å². The molecule has 2 unspecified atom stereocenters. The molecular weight excluding hydrogens is 348 g/mol. The third kappa shape index (κ3) is 8.32. The molecule has 2 aliphatic rings. The number of amides is 1. The summed E-state index contributed by atoms with van der Waals surface area (Å²) < 4.78 is 5.99. The van der Waals surface area contributed by atoms with Crippen LogP contribution >= 0.6 is 0 Å². The fourth-order valence-electron chi connectivity index (χ4n) is 3.94. The van der Waals surface area contributed by atoms with Crippen molar-refractivity contribution in [3.05, 3.63) is 35.4 Å². The van der Waals surface area contributed by atoms with Crippen LogP contribution in [0.1, 0.15) is 76.8 Å². The molecule has 1 amide bonds. The van der Waals surface area contributed by atoms with E-state index < -0.39 is 0 Å². The minimum absolute atomic E-state index is 0.210. The summed E-state index contributed by atoms with van der Waals surface area (Å²) in [7, 11) is 0. The number of rotatable bonds is 6. The Morgan fingerprint density at radius 3 is 2.36 bits per heavy atom. The smallest absolute Gasteiger partial charge is 0.223 e. The van der Waals surface area contributed by atoms with Crippen LogP contribution < -0.4 is 10.6 Å². The van der Waals surface area contributed by atoms with E-state index in [2.05, 4.69) is 55.7 Å². The number of piperidine rings is 1. The van der Waals surface area contributed by atoms with Crippen molar-refractivity contribution in [3.63, 3.8) is 0 Å². The summed E-state index contributed by atoms with van der Waals surface area (Å²) in [5, 5.41) is 6.47. The molecule has 1 aromatic rings. The van der Waals surface area contributed by atoms with Crippen LogP contribution in [0.15, 0.2) is 24.3 Å². The monoisotopic (exact) mass is 388 g/mol. The van der Waals surface area contributed by atoms with Crippen LogP contribution in [0.3, 0.4) is 0 Å². The van der Waals surface area contributed by atoms with Gasteiger partial charge in [0.05, 0.1) is 12.7 Å². The molecule has 4 heteroatoms. The highest BCUT2D eigenvalue weighted by atomic mass is 16.5. The van der Waals surface area contributed by atoms with Crippen molar-refractivity contribution in [2.75, 3.05) is 13.1 Å². The van der Waals surface area contributed by atoms with Gasteiger partial charge in [0.25, 0.3) is 0 Å². The molecule has 0 aromatic heterocycles. The molecule has 158 valence electrons. The van der Waals surface area contributed by atoms with Gasteiger partial charge in [0, 0.05) is 12.5 Å². The lowest BCUT2D eigenvalue weighted by molar-refractivity contribution is -0.126. The van der Waals surface area contributed by atoms with E-state index in [1.54, 1.807) is 0 Å². The number of carbonyl (C=O) groups excluding carboxylic acids is 1. The summed E-state index contributed by atoms with van der Waals surface area (Å²) in [4.78, 5) is 12.3. The second kappa shape index (κ2) is 12.9. The average Bonchev–Trinajstić information content (AvgIpc) is 2.72. The Hall–Kier alpha value is -1.39.